The van der Waals surface area contributed by atoms with E-state index >= 15 is 0 Å². The zero-order chi connectivity index (χ0) is 14.2. The van der Waals surface area contributed by atoms with Gasteiger partial charge in [-0.25, -0.2) is 4.98 Å². The lowest BCUT2D eigenvalue weighted by atomic mass is 9.76. The second-order valence-electron chi connectivity index (χ2n) is 6.86. The number of hydrogen-bond donors (Lipinski definition) is 1. The molecule has 1 aliphatic heterocycles. The van der Waals surface area contributed by atoms with E-state index in [-0.39, 0.29) is 5.41 Å². The molecule has 1 aromatic rings. The highest BCUT2D eigenvalue weighted by Crippen LogP contribution is 2.44. The number of nitrogens with zero attached hydrogens (tertiary/aromatic N) is 2. The van der Waals surface area contributed by atoms with Gasteiger partial charge in [-0.3, -0.25) is 4.90 Å². The number of piperidine rings is 1. The number of likely N-dealkylation sites (tertiary alicyclic amines) is 1. The van der Waals surface area contributed by atoms with E-state index < -0.39 is 0 Å². The zero-order valence-electron chi connectivity index (χ0n) is 12.7. The minimum absolute atomic E-state index is 0.165. The number of thiazole rings is 1. The Hall–Kier alpha value is -0.450. The van der Waals surface area contributed by atoms with Crippen LogP contribution in [-0.4, -0.2) is 34.7 Å². The first kappa shape index (κ1) is 14.5. The molecule has 0 spiro atoms. The third-order valence-corrected chi connectivity index (χ3v) is 5.80. The van der Waals surface area contributed by atoms with E-state index in [1.54, 1.807) is 11.3 Å². The second kappa shape index (κ2) is 5.74. The summed E-state index contributed by atoms with van der Waals surface area (Å²) in [6.07, 6.45) is 6.41. The Morgan fingerprint density at radius 3 is 2.80 bits per heavy atom. The molecule has 3 nitrogen and oxygen atoms in total. The Morgan fingerprint density at radius 2 is 2.20 bits per heavy atom. The zero-order valence-corrected chi connectivity index (χ0v) is 13.5. The molecule has 0 bridgehead atoms. The van der Waals surface area contributed by atoms with Crippen LogP contribution < -0.4 is 0 Å². The molecule has 1 atom stereocenters. The number of hydrogen-bond acceptors (Lipinski definition) is 4. The third-order valence-electron chi connectivity index (χ3n) is 4.87. The van der Waals surface area contributed by atoms with E-state index in [9.17, 15) is 5.11 Å². The van der Waals surface area contributed by atoms with Crippen LogP contribution in [0.25, 0.3) is 0 Å². The first-order chi connectivity index (χ1) is 9.60. The maximum atomic E-state index is 9.92. The van der Waals surface area contributed by atoms with Gasteiger partial charge in [-0.2, -0.15) is 0 Å². The Bertz CT molecular complexity index is 469. The fraction of sp³-hybridized carbons (Fsp3) is 0.812. The molecule has 0 amide bonds. The van der Waals surface area contributed by atoms with Crippen LogP contribution in [0.5, 0.6) is 0 Å². The number of aliphatic hydroxyl groups is 1. The van der Waals surface area contributed by atoms with Crippen LogP contribution >= 0.6 is 11.3 Å². The molecule has 2 aliphatic rings. The van der Waals surface area contributed by atoms with Crippen molar-refractivity contribution in [1.29, 1.82) is 0 Å². The molecule has 4 heteroatoms. The quantitative estimate of drug-likeness (QED) is 0.906. The lowest BCUT2D eigenvalue weighted by molar-refractivity contribution is 0.0175. The molecule has 2 fully saturated rings. The minimum atomic E-state index is 0.165. The monoisotopic (exact) mass is 294 g/mol. The number of aliphatic hydroxyl groups excluding tert-OH is 1. The predicted octanol–water partition coefficient (Wildman–Crippen LogP) is 3.13. The van der Waals surface area contributed by atoms with Gasteiger partial charge in [0.15, 0.2) is 0 Å². The molecule has 1 aromatic heterocycles. The van der Waals surface area contributed by atoms with Gasteiger partial charge in [0.2, 0.25) is 0 Å². The van der Waals surface area contributed by atoms with Gasteiger partial charge in [0, 0.05) is 30.0 Å². The van der Waals surface area contributed by atoms with Gasteiger partial charge in [-0.05, 0) is 45.6 Å². The molecule has 1 N–H and O–H groups in total. The highest BCUT2D eigenvalue weighted by Gasteiger charge is 2.39. The number of aryl methyl sites for hydroxylation is 2. The summed E-state index contributed by atoms with van der Waals surface area (Å²) in [4.78, 5) is 8.53. The van der Waals surface area contributed by atoms with Crippen molar-refractivity contribution in [2.24, 2.45) is 11.3 Å². The van der Waals surface area contributed by atoms with Gasteiger partial charge in [-0.1, -0.05) is 12.8 Å². The van der Waals surface area contributed by atoms with E-state index in [0.29, 0.717) is 6.61 Å². The molecule has 1 saturated heterocycles. The average Bonchev–Trinajstić information content (AvgIpc) is 3.16. The lowest BCUT2D eigenvalue weighted by Gasteiger charge is -2.42. The highest BCUT2D eigenvalue weighted by molar-refractivity contribution is 7.11. The Balaban J connectivity index is 1.66. The van der Waals surface area contributed by atoms with E-state index in [2.05, 4.69) is 23.7 Å². The molecule has 0 radical (unpaired) electrons. The third kappa shape index (κ3) is 3.23. The standard InChI is InChI=1S/C16H26N2OS/c1-12-15(17-13(2)20-12)9-18-7-3-6-16(10-18,11-19)8-14-4-5-14/h14,19H,3-11H2,1-2H3. The average molecular weight is 294 g/mol. The van der Waals surface area contributed by atoms with Gasteiger partial charge < -0.3 is 5.11 Å². The summed E-state index contributed by atoms with van der Waals surface area (Å²) < 4.78 is 0. The summed E-state index contributed by atoms with van der Waals surface area (Å²) in [5.74, 6) is 0.894. The van der Waals surface area contributed by atoms with Crippen LogP contribution in [0.2, 0.25) is 0 Å². The molecule has 20 heavy (non-hydrogen) atoms. The molecular weight excluding hydrogens is 268 g/mol. The predicted molar refractivity (Wildman–Crippen MR) is 83.0 cm³/mol. The van der Waals surface area contributed by atoms with Crippen LogP contribution in [0.3, 0.4) is 0 Å². The van der Waals surface area contributed by atoms with Crippen molar-refractivity contribution < 1.29 is 5.11 Å². The van der Waals surface area contributed by atoms with E-state index in [4.69, 9.17) is 0 Å². The van der Waals surface area contributed by atoms with Gasteiger partial charge in [0.05, 0.1) is 10.7 Å². The van der Waals surface area contributed by atoms with Gasteiger partial charge in [0.25, 0.3) is 0 Å². The summed E-state index contributed by atoms with van der Waals surface area (Å²) in [5, 5.41) is 11.1. The van der Waals surface area contributed by atoms with Crippen molar-refractivity contribution >= 4 is 11.3 Å². The largest absolute Gasteiger partial charge is 0.396 e. The molecule has 3 rings (SSSR count). The normalized spacial score (nSPS) is 27.9. The van der Waals surface area contributed by atoms with E-state index in [1.165, 1.54) is 47.7 Å². The highest BCUT2D eigenvalue weighted by atomic mass is 32.1. The van der Waals surface area contributed by atoms with Crippen LogP contribution in [0.4, 0.5) is 0 Å². The topological polar surface area (TPSA) is 36.4 Å². The molecular formula is C16H26N2OS. The van der Waals surface area contributed by atoms with Crippen molar-refractivity contribution in [2.45, 2.75) is 52.5 Å². The summed E-state index contributed by atoms with van der Waals surface area (Å²) in [6.45, 7) is 7.78. The Kier molecular flexibility index (Phi) is 4.16. The number of rotatable bonds is 5. The second-order valence-corrected chi connectivity index (χ2v) is 8.26. The smallest absolute Gasteiger partial charge is 0.0900 e. The van der Waals surface area contributed by atoms with Gasteiger partial charge in [-0.15, -0.1) is 11.3 Å². The Labute approximate surface area is 126 Å². The maximum absolute atomic E-state index is 9.92. The first-order valence-corrected chi connectivity index (χ1v) is 8.68. The fourth-order valence-electron chi connectivity index (χ4n) is 3.67. The fourth-order valence-corrected chi connectivity index (χ4v) is 4.50. The van der Waals surface area contributed by atoms with Crippen molar-refractivity contribution in [3.63, 3.8) is 0 Å². The van der Waals surface area contributed by atoms with Crippen molar-refractivity contribution in [3.8, 4) is 0 Å². The molecule has 1 unspecified atom stereocenters. The molecule has 1 aliphatic carbocycles. The van der Waals surface area contributed by atoms with Crippen LogP contribution in [0, 0.1) is 25.2 Å². The summed E-state index contributed by atoms with van der Waals surface area (Å²) >= 11 is 1.80. The van der Waals surface area contributed by atoms with E-state index in [1.807, 2.05) is 0 Å². The minimum Gasteiger partial charge on any atom is -0.396 e. The molecule has 2 heterocycles. The maximum Gasteiger partial charge on any atom is 0.0900 e. The van der Waals surface area contributed by atoms with Gasteiger partial charge in [0.1, 0.15) is 0 Å². The van der Waals surface area contributed by atoms with Crippen molar-refractivity contribution in [1.82, 2.24) is 9.88 Å². The first-order valence-electron chi connectivity index (χ1n) is 7.86. The summed E-state index contributed by atoms with van der Waals surface area (Å²) in [5.41, 5.74) is 1.41. The summed E-state index contributed by atoms with van der Waals surface area (Å²) in [6, 6.07) is 0. The SMILES string of the molecule is Cc1nc(CN2CCCC(CO)(CC3CC3)C2)c(C)s1. The van der Waals surface area contributed by atoms with Crippen molar-refractivity contribution in [3.05, 3.63) is 15.6 Å². The van der Waals surface area contributed by atoms with Gasteiger partial charge >= 0.3 is 0 Å². The lowest BCUT2D eigenvalue weighted by Crippen LogP contribution is -2.45. The number of aromatic nitrogens is 1. The molecule has 112 valence electrons. The molecule has 0 aromatic carbocycles. The molecule has 1 saturated carbocycles. The summed E-state index contributed by atoms with van der Waals surface area (Å²) in [7, 11) is 0. The van der Waals surface area contributed by atoms with E-state index in [0.717, 1.165) is 25.6 Å². The van der Waals surface area contributed by atoms with Crippen molar-refractivity contribution in [2.75, 3.05) is 19.7 Å². The van der Waals surface area contributed by atoms with Crippen LogP contribution in [0.15, 0.2) is 0 Å². The Morgan fingerprint density at radius 1 is 1.40 bits per heavy atom. The van der Waals surface area contributed by atoms with Crippen LogP contribution in [0.1, 0.15) is 47.7 Å². The van der Waals surface area contributed by atoms with Crippen LogP contribution in [-0.2, 0) is 6.54 Å².